The molecule has 0 aliphatic carbocycles. The maximum absolute atomic E-state index is 6.28. The SMILES string of the molecule is CC=C1CCC(C=C(CCC(C=NC)CCCCC(C)NC(C)(C)CN)C(CC)CC)=NC1N. The first-order valence-corrected chi connectivity index (χ1v) is 13.8. The number of allylic oxidation sites excluding steroid dienone is 3. The van der Waals surface area contributed by atoms with Crippen LogP contribution in [-0.2, 0) is 0 Å². The summed E-state index contributed by atoms with van der Waals surface area (Å²) in [7, 11) is 1.91. The minimum absolute atomic E-state index is 0.00952. The van der Waals surface area contributed by atoms with Crippen LogP contribution >= 0.6 is 0 Å². The molecule has 34 heavy (non-hydrogen) atoms. The lowest BCUT2D eigenvalue weighted by Crippen LogP contribution is -2.49. The molecule has 5 N–H and O–H groups in total. The molecule has 0 saturated heterocycles. The molecule has 1 aliphatic heterocycles. The monoisotopic (exact) mass is 473 g/mol. The molecule has 0 aromatic carbocycles. The Morgan fingerprint density at radius 3 is 2.41 bits per heavy atom. The normalized spacial score (nSPS) is 20.9. The van der Waals surface area contributed by atoms with Gasteiger partial charge in [-0.1, -0.05) is 38.3 Å². The van der Waals surface area contributed by atoms with Crippen molar-refractivity contribution in [3.63, 3.8) is 0 Å². The highest BCUT2D eigenvalue weighted by molar-refractivity contribution is 5.96. The van der Waals surface area contributed by atoms with Gasteiger partial charge in [-0.3, -0.25) is 4.99 Å². The largest absolute Gasteiger partial charge is 0.329 e. The molecule has 0 aromatic heterocycles. The van der Waals surface area contributed by atoms with E-state index in [9.17, 15) is 0 Å². The van der Waals surface area contributed by atoms with Crippen LogP contribution in [0.3, 0.4) is 0 Å². The van der Waals surface area contributed by atoms with E-state index < -0.39 is 0 Å². The Hall–Kier alpha value is -1.30. The molecule has 1 aliphatic rings. The Balaban J connectivity index is 2.71. The van der Waals surface area contributed by atoms with Crippen molar-refractivity contribution in [3.05, 3.63) is 23.3 Å². The number of aliphatic imine (C=N–C) groups is 2. The van der Waals surface area contributed by atoms with Gasteiger partial charge in [-0.25, -0.2) is 0 Å². The molecule has 0 saturated carbocycles. The second kappa shape index (κ2) is 16.4. The molecule has 0 bridgehead atoms. The van der Waals surface area contributed by atoms with E-state index in [2.05, 4.69) is 70.2 Å². The predicted octanol–water partition coefficient (Wildman–Crippen LogP) is 6.19. The van der Waals surface area contributed by atoms with Gasteiger partial charge in [-0.2, -0.15) is 0 Å². The number of hydrogen-bond acceptors (Lipinski definition) is 5. The summed E-state index contributed by atoms with van der Waals surface area (Å²) in [4.78, 5) is 9.21. The van der Waals surface area contributed by atoms with E-state index >= 15 is 0 Å². The summed E-state index contributed by atoms with van der Waals surface area (Å²) < 4.78 is 0. The number of rotatable bonds is 16. The molecular weight excluding hydrogens is 418 g/mol. The predicted molar refractivity (Wildman–Crippen MR) is 152 cm³/mol. The lowest BCUT2D eigenvalue weighted by molar-refractivity contribution is 0.334. The molecule has 3 atom stereocenters. The van der Waals surface area contributed by atoms with Gasteiger partial charge < -0.3 is 21.8 Å². The molecule has 0 spiro atoms. The van der Waals surface area contributed by atoms with E-state index in [0.717, 1.165) is 25.7 Å². The van der Waals surface area contributed by atoms with E-state index in [0.29, 0.717) is 24.4 Å². The van der Waals surface area contributed by atoms with Gasteiger partial charge in [0.2, 0.25) is 0 Å². The Morgan fingerprint density at radius 2 is 1.85 bits per heavy atom. The minimum atomic E-state index is -0.166. The van der Waals surface area contributed by atoms with E-state index in [4.69, 9.17) is 16.5 Å². The summed E-state index contributed by atoms with van der Waals surface area (Å²) in [5.74, 6) is 1.16. The van der Waals surface area contributed by atoms with Crippen LogP contribution < -0.4 is 16.8 Å². The first-order valence-electron chi connectivity index (χ1n) is 13.8. The molecule has 196 valence electrons. The summed E-state index contributed by atoms with van der Waals surface area (Å²) in [6.07, 6.45) is 18.1. The highest BCUT2D eigenvalue weighted by atomic mass is 15.0. The first-order chi connectivity index (χ1) is 16.2. The van der Waals surface area contributed by atoms with Crippen molar-refractivity contribution in [1.29, 1.82) is 0 Å². The number of hydrogen-bond donors (Lipinski definition) is 3. The minimum Gasteiger partial charge on any atom is -0.329 e. The smallest absolute Gasteiger partial charge is 0.119 e. The van der Waals surface area contributed by atoms with Gasteiger partial charge in [0.15, 0.2) is 0 Å². The molecule has 0 aromatic rings. The van der Waals surface area contributed by atoms with Crippen molar-refractivity contribution in [2.24, 2.45) is 33.3 Å². The molecule has 3 unspecified atom stereocenters. The van der Waals surface area contributed by atoms with E-state index in [1.165, 1.54) is 49.8 Å². The quantitative estimate of drug-likeness (QED) is 0.142. The zero-order valence-corrected chi connectivity index (χ0v) is 23.4. The summed E-state index contributed by atoms with van der Waals surface area (Å²) in [5, 5.41) is 3.65. The first kappa shape index (κ1) is 30.7. The number of unbranched alkanes of at least 4 members (excludes halogenated alkanes) is 1. The van der Waals surface area contributed by atoms with Gasteiger partial charge in [0.25, 0.3) is 0 Å². The molecule has 5 nitrogen and oxygen atoms in total. The average Bonchev–Trinajstić information content (AvgIpc) is 2.80. The highest BCUT2D eigenvalue weighted by Crippen LogP contribution is 2.28. The highest BCUT2D eigenvalue weighted by Gasteiger charge is 2.19. The second-order valence-corrected chi connectivity index (χ2v) is 10.8. The van der Waals surface area contributed by atoms with Gasteiger partial charge in [0.05, 0.1) is 0 Å². The van der Waals surface area contributed by atoms with Crippen LogP contribution in [0.5, 0.6) is 0 Å². The Morgan fingerprint density at radius 1 is 1.18 bits per heavy atom. The third-order valence-corrected chi connectivity index (χ3v) is 7.36. The van der Waals surface area contributed by atoms with Gasteiger partial charge in [-0.15, -0.1) is 0 Å². The van der Waals surface area contributed by atoms with Crippen LogP contribution in [0.1, 0.15) is 106 Å². The average molecular weight is 474 g/mol. The fourth-order valence-corrected chi connectivity index (χ4v) is 5.10. The van der Waals surface area contributed by atoms with E-state index in [1.54, 1.807) is 5.57 Å². The van der Waals surface area contributed by atoms with Crippen LogP contribution in [0, 0.1) is 11.8 Å². The fourth-order valence-electron chi connectivity index (χ4n) is 5.10. The van der Waals surface area contributed by atoms with Crippen LogP contribution in [0.4, 0.5) is 0 Å². The number of nitrogens with zero attached hydrogens (tertiary/aromatic N) is 2. The topological polar surface area (TPSA) is 88.8 Å². The Bertz CT molecular complexity index is 685. The van der Waals surface area contributed by atoms with E-state index in [-0.39, 0.29) is 11.7 Å². The molecule has 0 amide bonds. The Kier molecular flexibility index (Phi) is 14.8. The zero-order chi connectivity index (χ0) is 25.6. The summed E-state index contributed by atoms with van der Waals surface area (Å²) >= 11 is 0. The van der Waals surface area contributed by atoms with Gasteiger partial charge in [0.1, 0.15) is 6.17 Å². The van der Waals surface area contributed by atoms with Crippen molar-refractivity contribution in [2.45, 2.75) is 123 Å². The summed E-state index contributed by atoms with van der Waals surface area (Å²) in [6, 6.07) is 0.493. The third-order valence-electron chi connectivity index (χ3n) is 7.36. The second-order valence-electron chi connectivity index (χ2n) is 10.8. The van der Waals surface area contributed by atoms with Crippen molar-refractivity contribution in [2.75, 3.05) is 13.6 Å². The zero-order valence-electron chi connectivity index (χ0n) is 23.4. The lowest BCUT2D eigenvalue weighted by atomic mass is 9.85. The van der Waals surface area contributed by atoms with Crippen molar-refractivity contribution in [1.82, 2.24) is 5.32 Å². The number of nitrogens with two attached hydrogens (primary N) is 2. The molecule has 1 heterocycles. The third kappa shape index (κ3) is 11.4. The maximum atomic E-state index is 6.28. The van der Waals surface area contributed by atoms with Crippen molar-refractivity contribution < 1.29 is 0 Å². The lowest BCUT2D eigenvalue weighted by Gasteiger charge is -2.29. The molecule has 0 fully saturated rings. The number of nitrogens with one attached hydrogen (secondary N) is 1. The Labute approximate surface area is 211 Å². The molecular formula is C29H55N5. The van der Waals surface area contributed by atoms with Gasteiger partial charge in [0, 0.05) is 37.1 Å². The summed E-state index contributed by atoms with van der Waals surface area (Å²) in [6.45, 7) is 14.0. The van der Waals surface area contributed by atoms with Crippen molar-refractivity contribution >= 4 is 11.9 Å². The van der Waals surface area contributed by atoms with Crippen LogP contribution in [-0.4, -0.2) is 43.3 Å². The van der Waals surface area contributed by atoms with Gasteiger partial charge >= 0.3 is 0 Å². The standard InChI is InChI=1S/C29H55N5/c1-8-24(9-2)26(19-27-18-17-25(10-3)28(31)33-27)16-15-23(20-32-7)14-12-11-13-22(4)34-29(5,6)21-30/h10,19-20,22-24,28,34H,8-9,11-18,21,30-31H2,1-7H3. The van der Waals surface area contributed by atoms with E-state index in [1.807, 2.05) is 7.05 Å². The van der Waals surface area contributed by atoms with Crippen LogP contribution in [0.2, 0.25) is 0 Å². The molecule has 0 radical (unpaired) electrons. The van der Waals surface area contributed by atoms with Gasteiger partial charge in [-0.05, 0) is 103 Å². The van der Waals surface area contributed by atoms with Crippen molar-refractivity contribution in [3.8, 4) is 0 Å². The maximum Gasteiger partial charge on any atom is 0.119 e. The summed E-state index contributed by atoms with van der Waals surface area (Å²) in [5.41, 5.74) is 16.1. The van der Waals surface area contributed by atoms with Crippen LogP contribution in [0.25, 0.3) is 0 Å². The fraction of sp³-hybridized carbons (Fsp3) is 0.793. The molecule has 5 heteroatoms. The van der Waals surface area contributed by atoms with Crippen LogP contribution in [0.15, 0.2) is 33.3 Å². The molecule has 1 rings (SSSR count).